The van der Waals surface area contributed by atoms with Crippen molar-refractivity contribution in [2.45, 2.75) is 63.2 Å². The Morgan fingerprint density at radius 3 is 2.18 bits per heavy atom. The van der Waals surface area contributed by atoms with Crippen LogP contribution >= 0.6 is 0 Å². The second kappa shape index (κ2) is 10.2. The first-order valence-corrected chi connectivity index (χ1v) is 11.9. The second-order valence-electron chi connectivity index (χ2n) is 9.13. The number of carbonyl (C=O) groups is 5. The minimum Gasteiger partial charge on any atom is -0.345 e. The van der Waals surface area contributed by atoms with Crippen LogP contribution in [0.4, 0.5) is 0 Å². The lowest BCUT2D eigenvalue weighted by atomic mass is 10.0. The molecular weight excluding hydrogens is 438 g/mol. The van der Waals surface area contributed by atoms with Gasteiger partial charge in [0, 0.05) is 19.5 Å². The summed E-state index contributed by atoms with van der Waals surface area (Å²) in [6.45, 7) is 2.13. The van der Waals surface area contributed by atoms with Gasteiger partial charge in [0.25, 0.3) is 0 Å². The van der Waals surface area contributed by atoms with Crippen LogP contribution in [0.5, 0.6) is 0 Å². The van der Waals surface area contributed by atoms with Gasteiger partial charge in [0.2, 0.25) is 29.5 Å². The van der Waals surface area contributed by atoms with E-state index in [4.69, 9.17) is 0 Å². The van der Waals surface area contributed by atoms with E-state index in [1.54, 1.807) is 6.92 Å². The predicted octanol–water partition coefficient (Wildman–Crippen LogP) is -0.670. The highest BCUT2D eigenvalue weighted by Crippen LogP contribution is 2.21. The Bertz CT molecular complexity index is 968. The van der Waals surface area contributed by atoms with E-state index in [9.17, 15) is 24.0 Å². The Hall–Kier alpha value is -3.43. The lowest BCUT2D eigenvalue weighted by Gasteiger charge is -2.29. The van der Waals surface area contributed by atoms with E-state index < -0.39 is 41.9 Å². The molecule has 5 amide bonds. The van der Waals surface area contributed by atoms with Gasteiger partial charge < -0.3 is 25.8 Å². The average Bonchev–Trinajstić information content (AvgIpc) is 3.51. The smallest absolute Gasteiger partial charge is 0.246 e. The molecule has 3 heterocycles. The van der Waals surface area contributed by atoms with Gasteiger partial charge in [-0.2, -0.15) is 0 Å². The van der Waals surface area contributed by atoms with E-state index in [1.807, 2.05) is 30.3 Å². The molecule has 4 rings (SSSR count). The molecule has 0 radical (unpaired) electrons. The molecule has 1 aromatic carbocycles. The van der Waals surface area contributed by atoms with Gasteiger partial charge in [-0.3, -0.25) is 24.0 Å². The highest BCUT2D eigenvalue weighted by molar-refractivity contribution is 5.97. The van der Waals surface area contributed by atoms with Crippen LogP contribution in [-0.2, 0) is 30.4 Å². The molecule has 3 N–H and O–H groups in total. The molecule has 3 aliphatic rings. The molecule has 0 saturated carbocycles. The van der Waals surface area contributed by atoms with Crippen molar-refractivity contribution in [3.05, 3.63) is 35.9 Å². The summed E-state index contributed by atoms with van der Waals surface area (Å²) in [5, 5.41) is 8.14. The van der Waals surface area contributed by atoms with E-state index in [2.05, 4.69) is 16.0 Å². The number of carbonyl (C=O) groups excluding carboxylic acids is 5. The number of rotatable bonds is 2. The fourth-order valence-corrected chi connectivity index (χ4v) is 4.94. The van der Waals surface area contributed by atoms with Crippen LogP contribution in [-0.4, -0.2) is 83.1 Å². The summed E-state index contributed by atoms with van der Waals surface area (Å²) < 4.78 is 0. The van der Waals surface area contributed by atoms with Crippen molar-refractivity contribution in [3.63, 3.8) is 0 Å². The zero-order valence-corrected chi connectivity index (χ0v) is 19.3. The predicted molar refractivity (Wildman–Crippen MR) is 122 cm³/mol. The highest BCUT2D eigenvalue weighted by Gasteiger charge is 2.40. The van der Waals surface area contributed by atoms with Crippen molar-refractivity contribution in [1.82, 2.24) is 25.8 Å². The summed E-state index contributed by atoms with van der Waals surface area (Å²) in [4.78, 5) is 68.0. The van der Waals surface area contributed by atoms with Gasteiger partial charge in [-0.25, -0.2) is 0 Å². The standard InChI is InChI=1S/C24H31N5O5/c1-15-21(31)27-17(13-16-7-3-2-4-8-16)24(34)29-12-6-9-18(29)22(32)25-14-20(30)28-11-5-10-19(28)23(33)26-15/h2-4,7-8,15,17-19H,5-6,9-14H2,1H3,(H,25,32)(H,26,33)(H,27,31)/t15-,17+,18-,19-/m0/s1. The van der Waals surface area contributed by atoms with Gasteiger partial charge in [-0.1, -0.05) is 30.3 Å². The number of nitrogens with zero attached hydrogens (tertiary/aromatic N) is 2. The summed E-state index contributed by atoms with van der Waals surface area (Å²) in [5.74, 6) is -2.01. The van der Waals surface area contributed by atoms with Crippen molar-refractivity contribution in [1.29, 1.82) is 0 Å². The molecule has 182 valence electrons. The second-order valence-corrected chi connectivity index (χ2v) is 9.13. The van der Waals surface area contributed by atoms with Crippen molar-refractivity contribution in [2.75, 3.05) is 19.6 Å². The Morgan fingerprint density at radius 2 is 1.47 bits per heavy atom. The molecule has 0 aliphatic carbocycles. The highest BCUT2D eigenvalue weighted by atomic mass is 16.2. The molecule has 3 fully saturated rings. The van der Waals surface area contributed by atoms with E-state index >= 15 is 0 Å². The Balaban J connectivity index is 1.62. The summed E-state index contributed by atoms with van der Waals surface area (Å²) in [6.07, 6.45) is 2.56. The lowest BCUT2D eigenvalue weighted by Crippen LogP contribution is -2.57. The summed E-state index contributed by atoms with van der Waals surface area (Å²) >= 11 is 0. The molecule has 3 saturated heterocycles. The van der Waals surface area contributed by atoms with Gasteiger partial charge in [0.1, 0.15) is 24.2 Å². The number of nitrogens with one attached hydrogen (secondary N) is 3. The van der Waals surface area contributed by atoms with E-state index in [0.29, 0.717) is 38.8 Å². The van der Waals surface area contributed by atoms with Crippen molar-refractivity contribution in [2.24, 2.45) is 0 Å². The molecule has 4 atom stereocenters. The number of amides is 5. The minimum absolute atomic E-state index is 0.235. The van der Waals surface area contributed by atoms with Gasteiger partial charge in [-0.15, -0.1) is 0 Å². The van der Waals surface area contributed by atoms with Gasteiger partial charge in [0.05, 0.1) is 6.54 Å². The number of hydrogen-bond acceptors (Lipinski definition) is 5. The minimum atomic E-state index is -0.893. The van der Waals surface area contributed by atoms with Crippen LogP contribution in [0.15, 0.2) is 30.3 Å². The van der Waals surface area contributed by atoms with Gasteiger partial charge in [-0.05, 0) is 38.2 Å². The zero-order valence-electron chi connectivity index (χ0n) is 19.3. The maximum absolute atomic E-state index is 13.5. The monoisotopic (exact) mass is 469 g/mol. The van der Waals surface area contributed by atoms with Crippen LogP contribution in [0.1, 0.15) is 38.2 Å². The van der Waals surface area contributed by atoms with E-state index in [0.717, 1.165) is 5.56 Å². The Kier molecular flexibility index (Phi) is 7.14. The molecule has 0 spiro atoms. The summed E-state index contributed by atoms with van der Waals surface area (Å²) in [6, 6.07) is 6.14. The quantitative estimate of drug-likeness (QED) is 0.529. The van der Waals surface area contributed by atoms with Crippen LogP contribution in [0.2, 0.25) is 0 Å². The molecule has 1 aromatic rings. The fraction of sp³-hybridized carbons (Fsp3) is 0.542. The summed E-state index contributed by atoms with van der Waals surface area (Å²) in [7, 11) is 0. The van der Waals surface area contributed by atoms with Gasteiger partial charge >= 0.3 is 0 Å². The van der Waals surface area contributed by atoms with Crippen LogP contribution < -0.4 is 16.0 Å². The van der Waals surface area contributed by atoms with Crippen molar-refractivity contribution < 1.29 is 24.0 Å². The molecule has 0 unspecified atom stereocenters. The molecular formula is C24H31N5O5. The first kappa shape index (κ1) is 23.7. The van der Waals surface area contributed by atoms with E-state index in [1.165, 1.54) is 9.80 Å². The van der Waals surface area contributed by atoms with Crippen molar-refractivity contribution in [3.8, 4) is 0 Å². The third-order valence-corrected chi connectivity index (χ3v) is 6.78. The molecule has 10 heteroatoms. The molecule has 10 nitrogen and oxygen atoms in total. The van der Waals surface area contributed by atoms with Crippen molar-refractivity contribution >= 4 is 29.5 Å². The summed E-state index contributed by atoms with van der Waals surface area (Å²) in [5.41, 5.74) is 0.864. The van der Waals surface area contributed by atoms with Crippen LogP contribution in [0.25, 0.3) is 0 Å². The first-order chi connectivity index (χ1) is 16.3. The Labute approximate surface area is 198 Å². The fourth-order valence-electron chi connectivity index (χ4n) is 4.94. The zero-order chi connectivity index (χ0) is 24.2. The molecule has 34 heavy (non-hydrogen) atoms. The largest absolute Gasteiger partial charge is 0.345 e. The SMILES string of the molecule is C[C@@H]1NC(=O)[C@@H]2CCCN2C(=O)CNC(=O)[C@@H]2CCCN2C(=O)[C@@H](Cc2ccccc2)NC1=O. The van der Waals surface area contributed by atoms with E-state index in [-0.39, 0.29) is 24.8 Å². The normalized spacial score (nSPS) is 28.9. The third-order valence-electron chi connectivity index (χ3n) is 6.78. The first-order valence-electron chi connectivity index (χ1n) is 11.9. The maximum Gasteiger partial charge on any atom is 0.246 e. The van der Waals surface area contributed by atoms with Crippen LogP contribution in [0.3, 0.4) is 0 Å². The van der Waals surface area contributed by atoms with Crippen LogP contribution in [0, 0.1) is 0 Å². The molecule has 0 bridgehead atoms. The number of benzene rings is 1. The Morgan fingerprint density at radius 1 is 0.824 bits per heavy atom. The topological polar surface area (TPSA) is 128 Å². The lowest BCUT2D eigenvalue weighted by molar-refractivity contribution is -0.142. The third kappa shape index (κ3) is 5.05. The number of hydrogen-bond donors (Lipinski definition) is 3. The maximum atomic E-state index is 13.5. The van der Waals surface area contributed by atoms with Gasteiger partial charge in [0.15, 0.2) is 0 Å². The number of fused-ring (bicyclic) bond motifs is 2. The average molecular weight is 470 g/mol. The molecule has 0 aromatic heterocycles. The molecule has 3 aliphatic heterocycles.